The van der Waals surface area contributed by atoms with Gasteiger partial charge in [-0.2, -0.15) is 0 Å². The van der Waals surface area contributed by atoms with Gasteiger partial charge >= 0.3 is 0 Å². The Bertz CT molecular complexity index is 741. The topological polar surface area (TPSA) is 65.4 Å². The molecule has 7 heteroatoms. The Kier molecular flexibility index (Phi) is 5.33. The molecular formula is C18H22FN3O3. The third-order valence-corrected chi connectivity index (χ3v) is 4.59. The van der Waals surface area contributed by atoms with Crippen LogP contribution in [0, 0.1) is 11.7 Å². The summed E-state index contributed by atoms with van der Waals surface area (Å²) in [5.74, 6) is -0.146. The lowest BCUT2D eigenvalue weighted by atomic mass is 9.90. The summed E-state index contributed by atoms with van der Waals surface area (Å²) in [7, 11) is 3.26. The van der Waals surface area contributed by atoms with Gasteiger partial charge < -0.3 is 19.4 Å². The number of nitrogens with one attached hydrogen (secondary N) is 1. The van der Waals surface area contributed by atoms with Gasteiger partial charge in [0.25, 0.3) is 5.91 Å². The van der Waals surface area contributed by atoms with Crippen molar-refractivity contribution >= 4 is 5.91 Å². The fourth-order valence-corrected chi connectivity index (χ4v) is 3.18. The smallest absolute Gasteiger partial charge is 0.255 e. The van der Waals surface area contributed by atoms with Crippen LogP contribution in [-0.2, 0) is 11.8 Å². The number of halogens is 1. The van der Waals surface area contributed by atoms with Gasteiger partial charge in [-0.1, -0.05) is 6.07 Å². The van der Waals surface area contributed by atoms with Crippen molar-refractivity contribution in [3.05, 3.63) is 47.8 Å². The highest BCUT2D eigenvalue weighted by molar-refractivity contribution is 5.95. The fourth-order valence-electron chi connectivity index (χ4n) is 3.18. The monoisotopic (exact) mass is 347 g/mol. The van der Waals surface area contributed by atoms with Crippen LogP contribution in [0.5, 0.6) is 5.75 Å². The van der Waals surface area contributed by atoms with Crippen molar-refractivity contribution in [1.82, 2.24) is 14.9 Å². The second-order valence-corrected chi connectivity index (χ2v) is 6.12. The van der Waals surface area contributed by atoms with Crippen molar-refractivity contribution in [3.63, 3.8) is 0 Å². The van der Waals surface area contributed by atoms with E-state index in [2.05, 4.69) is 10.3 Å². The number of imidazole rings is 1. The molecule has 134 valence electrons. The molecule has 0 aliphatic carbocycles. The summed E-state index contributed by atoms with van der Waals surface area (Å²) in [4.78, 5) is 17.1. The number of hydrogen-bond acceptors (Lipinski definition) is 4. The maximum atomic E-state index is 14.4. The number of benzene rings is 1. The maximum Gasteiger partial charge on any atom is 0.255 e. The van der Waals surface area contributed by atoms with E-state index in [0.29, 0.717) is 13.2 Å². The Morgan fingerprint density at radius 3 is 2.84 bits per heavy atom. The summed E-state index contributed by atoms with van der Waals surface area (Å²) in [6, 6.07) is 4.23. The normalized spacial score (nSPS) is 16.4. The Morgan fingerprint density at radius 2 is 2.20 bits per heavy atom. The number of aryl methyl sites for hydroxylation is 1. The zero-order valence-electron chi connectivity index (χ0n) is 14.4. The largest absolute Gasteiger partial charge is 0.494 e. The highest BCUT2D eigenvalue weighted by atomic mass is 19.1. The minimum Gasteiger partial charge on any atom is -0.494 e. The van der Waals surface area contributed by atoms with Crippen LogP contribution in [0.4, 0.5) is 4.39 Å². The molecule has 0 saturated carbocycles. The minimum absolute atomic E-state index is 0.0365. The van der Waals surface area contributed by atoms with E-state index >= 15 is 0 Å². The number of amides is 1. The molecule has 1 amide bonds. The van der Waals surface area contributed by atoms with Gasteiger partial charge in [-0.05, 0) is 30.9 Å². The summed E-state index contributed by atoms with van der Waals surface area (Å²) in [5, 5.41) is 2.97. The lowest BCUT2D eigenvalue weighted by Gasteiger charge is -2.30. The molecular weight excluding hydrogens is 325 g/mol. The molecule has 6 nitrogen and oxygen atoms in total. The summed E-state index contributed by atoms with van der Waals surface area (Å²) >= 11 is 0. The van der Waals surface area contributed by atoms with Gasteiger partial charge in [-0.25, -0.2) is 9.37 Å². The van der Waals surface area contributed by atoms with Crippen LogP contribution in [-0.4, -0.2) is 35.8 Å². The van der Waals surface area contributed by atoms with Crippen LogP contribution in [0.15, 0.2) is 30.6 Å². The van der Waals surface area contributed by atoms with E-state index in [1.807, 2.05) is 17.8 Å². The Labute approximate surface area is 146 Å². The zero-order valence-corrected chi connectivity index (χ0v) is 14.4. The number of aromatic nitrogens is 2. The van der Waals surface area contributed by atoms with Crippen molar-refractivity contribution < 1.29 is 18.7 Å². The van der Waals surface area contributed by atoms with E-state index in [4.69, 9.17) is 9.47 Å². The molecule has 1 aromatic heterocycles. The Balaban J connectivity index is 1.87. The molecule has 25 heavy (non-hydrogen) atoms. The lowest BCUT2D eigenvalue weighted by Crippen LogP contribution is -2.37. The van der Waals surface area contributed by atoms with Crippen molar-refractivity contribution in [2.24, 2.45) is 13.0 Å². The van der Waals surface area contributed by atoms with E-state index < -0.39 is 11.7 Å². The molecule has 0 bridgehead atoms. The lowest BCUT2D eigenvalue weighted by molar-refractivity contribution is 0.0498. The predicted molar refractivity (Wildman–Crippen MR) is 89.9 cm³/mol. The SMILES string of the molecule is COc1cccc(C(=O)NC(c2nccn2C)C2CCOCC2)c1F. The van der Waals surface area contributed by atoms with E-state index in [1.54, 1.807) is 12.3 Å². The first-order valence-corrected chi connectivity index (χ1v) is 8.30. The molecule has 1 atom stereocenters. The standard InChI is InChI=1S/C18H22FN3O3/c1-22-9-8-20-17(22)16(12-6-10-25-11-7-12)21-18(23)13-4-3-5-14(24-2)15(13)19/h3-5,8-9,12,16H,6-7,10-11H2,1-2H3,(H,21,23). The minimum atomic E-state index is -0.659. The first-order chi connectivity index (χ1) is 12.1. The second-order valence-electron chi connectivity index (χ2n) is 6.12. The summed E-state index contributed by atoms with van der Waals surface area (Å²) in [6.07, 6.45) is 5.16. The summed E-state index contributed by atoms with van der Waals surface area (Å²) < 4.78 is 26.7. The third kappa shape index (κ3) is 3.66. The Hall–Kier alpha value is -2.41. The van der Waals surface area contributed by atoms with Crippen molar-refractivity contribution in [2.75, 3.05) is 20.3 Å². The zero-order chi connectivity index (χ0) is 17.8. The van der Waals surface area contributed by atoms with E-state index in [0.717, 1.165) is 18.7 Å². The summed E-state index contributed by atoms with van der Waals surface area (Å²) in [5.41, 5.74) is -0.0365. The van der Waals surface area contributed by atoms with Gasteiger partial charge in [-0.15, -0.1) is 0 Å². The van der Waals surface area contributed by atoms with Gasteiger partial charge in [0.2, 0.25) is 0 Å². The Morgan fingerprint density at radius 1 is 1.44 bits per heavy atom. The number of carbonyl (C=O) groups is 1. The number of methoxy groups -OCH3 is 1. The molecule has 1 aliphatic heterocycles. The number of nitrogens with zero attached hydrogens (tertiary/aromatic N) is 2. The van der Waals surface area contributed by atoms with Crippen LogP contribution in [0.3, 0.4) is 0 Å². The average Bonchev–Trinajstić information content (AvgIpc) is 3.06. The van der Waals surface area contributed by atoms with E-state index in [9.17, 15) is 9.18 Å². The molecule has 2 aromatic rings. The molecule has 1 aliphatic rings. The van der Waals surface area contributed by atoms with Gasteiger partial charge in [0.15, 0.2) is 11.6 Å². The molecule has 0 radical (unpaired) electrons. The fraction of sp³-hybridized carbons (Fsp3) is 0.444. The van der Waals surface area contributed by atoms with Crippen molar-refractivity contribution in [1.29, 1.82) is 0 Å². The molecule has 1 aromatic carbocycles. The molecule has 1 fully saturated rings. The van der Waals surface area contributed by atoms with Crippen LogP contribution >= 0.6 is 0 Å². The molecule has 0 spiro atoms. The number of ether oxygens (including phenoxy) is 2. The van der Waals surface area contributed by atoms with Crippen LogP contribution in [0.25, 0.3) is 0 Å². The van der Waals surface area contributed by atoms with Crippen LogP contribution < -0.4 is 10.1 Å². The first-order valence-electron chi connectivity index (χ1n) is 8.30. The third-order valence-electron chi connectivity index (χ3n) is 4.59. The highest BCUT2D eigenvalue weighted by Crippen LogP contribution is 2.30. The van der Waals surface area contributed by atoms with Crippen molar-refractivity contribution in [3.8, 4) is 5.75 Å². The van der Waals surface area contributed by atoms with Crippen LogP contribution in [0.2, 0.25) is 0 Å². The number of hydrogen-bond donors (Lipinski definition) is 1. The molecule has 1 N–H and O–H groups in total. The van der Waals surface area contributed by atoms with Gasteiger partial charge in [0.1, 0.15) is 5.82 Å². The molecule has 2 heterocycles. The van der Waals surface area contributed by atoms with Gasteiger partial charge in [-0.3, -0.25) is 4.79 Å². The first kappa shape index (κ1) is 17.4. The van der Waals surface area contributed by atoms with Gasteiger partial charge in [0.05, 0.1) is 18.7 Å². The molecule has 1 saturated heterocycles. The van der Waals surface area contributed by atoms with E-state index in [1.165, 1.54) is 19.2 Å². The summed E-state index contributed by atoms with van der Waals surface area (Å²) in [6.45, 7) is 1.30. The second kappa shape index (κ2) is 7.65. The average molecular weight is 347 g/mol. The van der Waals surface area contributed by atoms with Crippen LogP contribution in [0.1, 0.15) is 35.1 Å². The maximum absolute atomic E-state index is 14.4. The van der Waals surface area contributed by atoms with Gasteiger partial charge in [0, 0.05) is 32.7 Å². The van der Waals surface area contributed by atoms with E-state index in [-0.39, 0.29) is 23.3 Å². The molecule has 1 unspecified atom stereocenters. The number of rotatable bonds is 5. The van der Waals surface area contributed by atoms with Crippen molar-refractivity contribution in [2.45, 2.75) is 18.9 Å². The highest BCUT2D eigenvalue weighted by Gasteiger charge is 2.30. The predicted octanol–water partition coefficient (Wildman–Crippen LogP) is 2.47. The quantitative estimate of drug-likeness (QED) is 0.902. The molecule has 3 rings (SSSR count). The number of carbonyl (C=O) groups excluding carboxylic acids is 1.